The van der Waals surface area contributed by atoms with E-state index in [9.17, 15) is 9.90 Å². The summed E-state index contributed by atoms with van der Waals surface area (Å²) >= 11 is 0. The normalized spacial score (nSPS) is 23.2. The predicted molar refractivity (Wildman–Crippen MR) is 70.5 cm³/mol. The Kier molecular flexibility index (Phi) is 3.59. The summed E-state index contributed by atoms with van der Waals surface area (Å²) in [5.74, 6) is 1.11. The molecule has 1 atom stereocenters. The van der Waals surface area contributed by atoms with Crippen LogP contribution >= 0.6 is 0 Å². The fraction of sp³-hybridized carbons (Fsp3) is 0.615. The topological polar surface area (TPSA) is 75.5 Å². The summed E-state index contributed by atoms with van der Waals surface area (Å²) < 4.78 is 5.13. The first-order chi connectivity index (χ1) is 8.94. The molecule has 6 nitrogen and oxygen atoms in total. The maximum Gasteiger partial charge on any atom is 0.311 e. The Hall–Kier alpha value is -1.85. The number of carbonyl (C=O) groups is 1. The lowest BCUT2D eigenvalue weighted by Gasteiger charge is -2.38. The molecule has 0 saturated carbocycles. The number of aryl methyl sites for hydroxylation is 1. The second kappa shape index (κ2) is 5.03. The highest BCUT2D eigenvalue weighted by molar-refractivity contribution is 5.75. The van der Waals surface area contributed by atoms with Crippen LogP contribution in [-0.4, -0.2) is 41.2 Å². The van der Waals surface area contributed by atoms with Crippen molar-refractivity contribution in [2.75, 3.05) is 25.1 Å². The average Bonchev–Trinajstić information content (AvgIpc) is 2.38. The van der Waals surface area contributed by atoms with Crippen LogP contribution in [0.5, 0.6) is 5.88 Å². The number of anilines is 1. The number of hydrogen-bond acceptors (Lipinski definition) is 5. The Morgan fingerprint density at radius 3 is 2.89 bits per heavy atom. The second-order valence-corrected chi connectivity index (χ2v) is 5.21. The smallest absolute Gasteiger partial charge is 0.311 e. The molecule has 0 radical (unpaired) electrons. The van der Waals surface area contributed by atoms with E-state index in [0.29, 0.717) is 24.7 Å². The minimum Gasteiger partial charge on any atom is -0.481 e. The Labute approximate surface area is 112 Å². The maximum absolute atomic E-state index is 11.4. The number of aliphatic carboxylic acids is 1. The summed E-state index contributed by atoms with van der Waals surface area (Å²) in [5.41, 5.74) is -0.718. The van der Waals surface area contributed by atoms with Crippen LogP contribution in [0.15, 0.2) is 6.07 Å². The van der Waals surface area contributed by atoms with Gasteiger partial charge in [0.2, 0.25) is 5.88 Å². The summed E-state index contributed by atoms with van der Waals surface area (Å²) in [6, 6.07) is 1.75. The first-order valence-corrected chi connectivity index (χ1v) is 6.33. The number of methoxy groups -OCH3 is 1. The molecular formula is C13H19N3O3. The van der Waals surface area contributed by atoms with E-state index in [1.165, 1.54) is 0 Å². The quantitative estimate of drug-likeness (QED) is 0.892. The third-order valence-electron chi connectivity index (χ3n) is 3.55. The lowest BCUT2D eigenvalue weighted by molar-refractivity contribution is -0.148. The van der Waals surface area contributed by atoms with Gasteiger partial charge in [0.25, 0.3) is 0 Å². The number of rotatable bonds is 3. The van der Waals surface area contributed by atoms with Gasteiger partial charge in [-0.25, -0.2) is 4.98 Å². The van der Waals surface area contributed by atoms with Gasteiger partial charge >= 0.3 is 5.97 Å². The highest BCUT2D eigenvalue weighted by Crippen LogP contribution is 2.32. The number of ether oxygens (including phenoxy) is 1. The molecule has 6 heteroatoms. The van der Waals surface area contributed by atoms with Gasteiger partial charge in [0, 0.05) is 19.2 Å². The molecule has 1 saturated heterocycles. The number of nitrogens with zero attached hydrogens (tertiary/aromatic N) is 3. The Balaban J connectivity index is 2.26. The molecule has 0 aromatic carbocycles. The van der Waals surface area contributed by atoms with Gasteiger partial charge in [-0.05, 0) is 26.7 Å². The fourth-order valence-corrected chi connectivity index (χ4v) is 2.40. The van der Waals surface area contributed by atoms with Crippen LogP contribution in [0, 0.1) is 12.3 Å². The summed E-state index contributed by atoms with van der Waals surface area (Å²) in [6.07, 6.45) is 1.54. The van der Waals surface area contributed by atoms with Gasteiger partial charge in [-0.1, -0.05) is 0 Å². The summed E-state index contributed by atoms with van der Waals surface area (Å²) in [4.78, 5) is 21.9. The van der Waals surface area contributed by atoms with Crippen molar-refractivity contribution in [2.24, 2.45) is 5.41 Å². The Morgan fingerprint density at radius 2 is 2.26 bits per heavy atom. The zero-order valence-corrected chi connectivity index (χ0v) is 11.5. The van der Waals surface area contributed by atoms with E-state index in [4.69, 9.17) is 4.74 Å². The third kappa shape index (κ3) is 2.77. The van der Waals surface area contributed by atoms with Gasteiger partial charge in [-0.15, -0.1) is 0 Å². The van der Waals surface area contributed by atoms with Crippen LogP contribution in [0.1, 0.15) is 25.6 Å². The van der Waals surface area contributed by atoms with E-state index in [-0.39, 0.29) is 0 Å². The van der Waals surface area contributed by atoms with E-state index in [2.05, 4.69) is 9.97 Å². The van der Waals surface area contributed by atoms with Crippen molar-refractivity contribution in [3.8, 4) is 5.88 Å². The molecule has 2 rings (SSSR count). The minimum absolute atomic E-state index is 0.460. The monoisotopic (exact) mass is 265 g/mol. The number of carboxylic acids is 1. The molecule has 104 valence electrons. The van der Waals surface area contributed by atoms with Crippen molar-refractivity contribution >= 4 is 11.8 Å². The van der Waals surface area contributed by atoms with E-state index >= 15 is 0 Å². The van der Waals surface area contributed by atoms with Crippen molar-refractivity contribution in [3.05, 3.63) is 11.9 Å². The Bertz CT molecular complexity index is 492. The molecule has 2 heterocycles. The molecule has 19 heavy (non-hydrogen) atoms. The van der Waals surface area contributed by atoms with Gasteiger partial charge in [0.15, 0.2) is 0 Å². The summed E-state index contributed by atoms with van der Waals surface area (Å²) in [6.45, 7) is 4.85. The predicted octanol–water partition coefficient (Wildman–Crippen LogP) is 1.48. The van der Waals surface area contributed by atoms with Crippen LogP contribution in [0.25, 0.3) is 0 Å². The summed E-state index contributed by atoms with van der Waals surface area (Å²) in [7, 11) is 1.56. The fourth-order valence-electron chi connectivity index (χ4n) is 2.40. The lowest BCUT2D eigenvalue weighted by atomic mass is 9.82. The lowest BCUT2D eigenvalue weighted by Crippen LogP contribution is -2.46. The molecule has 1 aromatic heterocycles. The SMILES string of the molecule is COc1cc(N2CCCC(C)(C(=O)O)C2)nc(C)n1. The van der Waals surface area contributed by atoms with Crippen LogP contribution in [0.2, 0.25) is 0 Å². The van der Waals surface area contributed by atoms with Gasteiger partial charge in [0.1, 0.15) is 11.6 Å². The molecule has 1 fully saturated rings. The van der Waals surface area contributed by atoms with E-state index in [0.717, 1.165) is 18.8 Å². The summed E-state index contributed by atoms with van der Waals surface area (Å²) in [5, 5.41) is 9.33. The number of piperidine rings is 1. The van der Waals surface area contributed by atoms with Crippen LogP contribution in [0.4, 0.5) is 5.82 Å². The van der Waals surface area contributed by atoms with Gasteiger partial charge < -0.3 is 14.7 Å². The van der Waals surface area contributed by atoms with Crippen LogP contribution in [0.3, 0.4) is 0 Å². The zero-order chi connectivity index (χ0) is 14.0. The van der Waals surface area contributed by atoms with Crippen molar-refractivity contribution in [1.82, 2.24) is 9.97 Å². The molecule has 0 aliphatic carbocycles. The van der Waals surface area contributed by atoms with E-state index < -0.39 is 11.4 Å². The molecule has 0 bridgehead atoms. The standard InChI is InChI=1S/C13H19N3O3/c1-9-14-10(7-11(15-9)19-3)16-6-4-5-13(2,8-16)12(17)18/h7H,4-6,8H2,1-3H3,(H,17,18). The van der Waals surface area contributed by atoms with Crippen LogP contribution < -0.4 is 9.64 Å². The zero-order valence-electron chi connectivity index (χ0n) is 11.5. The van der Waals surface area contributed by atoms with Crippen molar-refractivity contribution in [2.45, 2.75) is 26.7 Å². The second-order valence-electron chi connectivity index (χ2n) is 5.21. The largest absolute Gasteiger partial charge is 0.481 e. The first kappa shape index (κ1) is 13.6. The van der Waals surface area contributed by atoms with Crippen LogP contribution in [-0.2, 0) is 4.79 Å². The van der Waals surface area contributed by atoms with E-state index in [1.54, 1.807) is 27.0 Å². The average molecular weight is 265 g/mol. The molecule has 1 aliphatic rings. The van der Waals surface area contributed by atoms with E-state index in [1.807, 2.05) is 4.90 Å². The van der Waals surface area contributed by atoms with Gasteiger partial charge in [-0.3, -0.25) is 4.79 Å². The molecule has 0 amide bonds. The van der Waals surface area contributed by atoms with Crippen molar-refractivity contribution in [1.29, 1.82) is 0 Å². The maximum atomic E-state index is 11.4. The third-order valence-corrected chi connectivity index (χ3v) is 3.55. The Morgan fingerprint density at radius 1 is 1.53 bits per heavy atom. The molecule has 1 unspecified atom stereocenters. The first-order valence-electron chi connectivity index (χ1n) is 6.33. The number of carboxylic acid groups (broad SMARTS) is 1. The van der Waals surface area contributed by atoms with Gasteiger partial charge in [0.05, 0.1) is 12.5 Å². The highest BCUT2D eigenvalue weighted by atomic mass is 16.5. The molecular weight excluding hydrogens is 246 g/mol. The molecule has 1 N–H and O–H groups in total. The molecule has 1 aromatic rings. The molecule has 0 spiro atoms. The van der Waals surface area contributed by atoms with Crippen molar-refractivity contribution in [3.63, 3.8) is 0 Å². The number of hydrogen-bond donors (Lipinski definition) is 1. The highest BCUT2D eigenvalue weighted by Gasteiger charge is 2.38. The van der Waals surface area contributed by atoms with Crippen molar-refractivity contribution < 1.29 is 14.6 Å². The molecule has 1 aliphatic heterocycles. The van der Waals surface area contributed by atoms with Gasteiger partial charge in [-0.2, -0.15) is 4.98 Å². The number of aromatic nitrogens is 2. The minimum atomic E-state index is -0.755.